The van der Waals surface area contributed by atoms with Crippen LogP contribution in [0.2, 0.25) is 0 Å². The Labute approximate surface area is 190 Å². The molecule has 0 unspecified atom stereocenters. The summed E-state index contributed by atoms with van der Waals surface area (Å²) in [7, 11) is 3.10. The Morgan fingerprint density at radius 3 is 2.29 bits per heavy atom. The quantitative estimate of drug-likeness (QED) is 0.239. The fourth-order valence-corrected chi connectivity index (χ4v) is 3.54. The van der Waals surface area contributed by atoms with Crippen LogP contribution in [0.15, 0.2) is 52.5 Å². The second-order valence-corrected chi connectivity index (χ2v) is 8.69. The number of amides is 2. The Bertz CT molecular complexity index is 965. The lowest BCUT2D eigenvalue weighted by Gasteiger charge is -2.31. The number of thiocarbonyl (C=S) groups is 1. The summed E-state index contributed by atoms with van der Waals surface area (Å²) < 4.78 is 7.92. The molecule has 1 saturated heterocycles. The standard InChI is InChI=1S/C20H16BrIN2O3S/c1-23-18(25)16(19(26)24(2)20(23)28)10-13-9-14(21)5-8-17(13)27-11-12-3-6-15(22)7-4-12/h3-10H,11H2,1-2H3. The van der Waals surface area contributed by atoms with Gasteiger partial charge in [-0.05, 0) is 76.8 Å². The number of likely N-dealkylation sites (N-methyl/N-ethyl adjacent to an activating group) is 2. The highest BCUT2D eigenvalue weighted by atomic mass is 127. The van der Waals surface area contributed by atoms with Gasteiger partial charge in [-0.1, -0.05) is 28.1 Å². The maximum absolute atomic E-state index is 12.6. The van der Waals surface area contributed by atoms with Crippen molar-refractivity contribution in [3.05, 3.63) is 67.2 Å². The van der Waals surface area contributed by atoms with Gasteiger partial charge in [0.2, 0.25) is 0 Å². The molecule has 1 heterocycles. The molecule has 8 heteroatoms. The van der Waals surface area contributed by atoms with E-state index >= 15 is 0 Å². The smallest absolute Gasteiger partial charge is 0.265 e. The molecular formula is C20H16BrIN2O3S. The molecule has 0 N–H and O–H groups in total. The van der Waals surface area contributed by atoms with Crippen LogP contribution in [-0.4, -0.2) is 40.8 Å². The molecule has 0 aromatic heterocycles. The minimum Gasteiger partial charge on any atom is -0.488 e. The van der Waals surface area contributed by atoms with E-state index in [0.29, 0.717) is 17.9 Å². The van der Waals surface area contributed by atoms with Gasteiger partial charge < -0.3 is 4.74 Å². The van der Waals surface area contributed by atoms with Crippen molar-refractivity contribution in [2.75, 3.05) is 14.1 Å². The van der Waals surface area contributed by atoms with Gasteiger partial charge in [-0.25, -0.2) is 0 Å². The number of hydrogen-bond donors (Lipinski definition) is 0. The number of rotatable bonds is 4. The molecule has 0 atom stereocenters. The van der Waals surface area contributed by atoms with Crippen LogP contribution < -0.4 is 4.74 Å². The van der Waals surface area contributed by atoms with Gasteiger partial charge in [-0.3, -0.25) is 19.4 Å². The summed E-state index contributed by atoms with van der Waals surface area (Å²) in [5, 5.41) is 0.177. The van der Waals surface area contributed by atoms with Crippen LogP contribution in [0.25, 0.3) is 6.08 Å². The summed E-state index contributed by atoms with van der Waals surface area (Å²) in [4.78, 5) is 27.7. The van der Waals surface area contributed by atoms with Crippen LogP contribution in [0.5, 0.6) is 5.75 Å². The van der Waals surface area contributed by atoms with E-state index in [-0.39, 0.29) is 10.7 Å². The lowest BCUT2D eigenvalue weighted by molar-refractivity contribution is -0.132. The van der Waals surface area contributed by atoms with Crippen LogP contribution in [0, 0.1) is 3.57 Å². The first-order valence-corrected chi connectivity index (χ1v) is 10.5. The molecule has 2 amide bonds. The molecule has 0 saturated carbocycles. The Kier molecular flexibility index (Phi) is 6.51. The summed E-state index contributed by atoms with van der Waals surface area (Å²) >= 11 is 10.8. The van der Waals surface area contributed by atoms with Crippen LogP contribution in [0.3, 0.4) is 0 Å². The van der Waals surface area contributed by atoms with Gasteiger partial charge in [0, 0.05) is 27.7 Å². The van der Waals surface area contributed by atoms with Crippen molar-refractivity contribution in [2.45, 2.75) is 6.61 Å². The van der Waals surface area contributed by atoms with Gasteiger partial charge >= 0.3 is 0 Å². The Morgan fingerprint density at radius 1 is 1.07 bits per heavy atom. The molecule has 5 nitrogen and oxygen atoms in total. The molecule has 28 heavy (non-hydrogen) atoms. The number of carbonyl (C=O) groups is 2. The van der Waals surface area contributed by atoms with Crippen molar-refractivity contribution in [3.63, 3.8) is 0 Å². The normalized spacial score (nSPS) is 14.6. The molecule has 0 radical (unpaired) electrons. The number of ether oxygens (including phenoxy) is 1. The summed E-state index contributed by atoms with van der Waals surface area (Å²) in [6.07, 6.45) is 1.55. The second kappa shape index (κ2) is 8.71. The minimum absolute atomic E-state index is 0.0378. The van der Waals surface area contributed by atoms with E-state index in [4.69, 9.17) is 17.0 Å². The fraction of sp³-hybridized carbons (Fsp3) is 0.150. The number of carbonyl (C=O) groups excluding carboxylic acids is 2. The van der Waals surface area contributed by atoms with Crippen molar-refractivity contribution in [1.82, 2.24) is 9.80 Å². The summed E-state index contributed by atoms with van der Waals surface area (Å²) in [5.41, 5.74) is 1.69. The first kappa shape index (κ1) is 20.9. The number of benzene rings is 2. The molecule has 0 aliphatic carbocycles. The molecule has 3 rings (SSSR count). The zero-order valence-electron chi connectivity index (χ0n) is 15.1. The maximum atomic E-state index is 12.6. The van der Waals surface area contributed by atoms with E-state index < -0.39 is 11.8 Å². The van der Waals surface area contributed by atoms with E-state index in [1.54, 1.807) is 26.2 Å². The van der Waals surface area contributed by atoms with Crippen LogP contribution in [-0.2, 0) is 16.2 Å². The van der Waals surface area contributed by atoms with E-state index in [1.807, 2.05) is 36.4 Å². The van der Waals surface area contributed by atoms with Gasteiger partial charge in [-0.15, -0.1) is 0 Å². The fourth-order valence-electron chi connectivity index (χ4n) is 2.64. The highest BCUT2D eigenvalue weighted by Gasteiger charge is 2.35. The van der Waals surface area contributed by atoms with E-state index in [9.17, 15) is 9.59 Å². The van der Waals surface area contributed by atoms with Crippen molar-refractivity contribution in [3.8, 4) is 5.75 Å². The molecular weight excluding hydrogens is 555 g/mol. The number of hydrogen-bond acceptors (Lipinski definition) is 4. The molecule has 1 fully saturated rings. The maximum Gasteiger partial charge on any atom is 0.265 e. The first-order valence-electron chi connectivity index (χ1n) is 8.26. The minimum atomic E-state index is -0.434. The number of nitrogens with zero attached hydrogens (tertiary/aromatic N) is 2. The van der Waals surface area contributed by atoms with Crippen LogP contribution >= 0.6 is 50.7 Å². The van der Waals surface area contributed by atoms with Crippen molar-refractivity contribution in [2.24, 2.45) is 0 Å². The van der Waals surface area contributed by atoms with Crippen LogP contribution in [0.1, 0.15) is 11.1 Å². The van der Waals surface area contributed by atoms with Gasteiger partial charge in [0.25, 0.3) is 11.8 Å². The average molecular weight is 571 g/mol. The highest BCUT2D eigenvalue weighted by molar-refractivity contribution is 14.1. The summed E-state index contributed by atoms with van der Waals surface area (Å²) in [5.74, 6) is -0.290. The number of halogens is 2. The topological polar surface area (TPSA) is 49.9 Å². The molecule has 0 spiro atoms. The summed E-state index contributed by atoms with van der Waals surface area (Å²) in [6.45, 7) is 0.376. The Hall–Kier alpha value is -1.78. The average Bonchev–Trinajstić information content (AvgIpc) is 2.69. The van der Waals surface area contributed by atoms with Crippen molar-refractivity contribution >= 4 is 73.7 Å². The lowest BCUT2D eigenvalue weighted by atomic mass is 10.1. The van der Waals surface area contributed by atoms with E-state index in [2.05, 4.69) is 38.5 Å². The second-order valence-electron chi connectivity index (χ2n) is 6.17. The Morgan fingerprint density at radius 2 is 1.68 bits per heavy atom. The van der Waals surface area contributed by atoms with Gasteiger partial charge in [0.15, 0.2) is 5.11 Å². The van der Waals surface area contributed by atoms with E-state index in [0.717, 1.165) is 13.6 Å². The first-order chi connectivity index (χ1) is 13.3. The van der Waals surface area contributed by atoms with Gasteiger partial charge in [-0.2, -0.15) is 0 Å². The lowest BCUT2D eigenvalue weighted by Crippen LogP contribution is -2.52. The zero-order chi connectivity index (χ0) is 20.4. The molecule has 0 bridgehead atoms. The highest BCUT2D eigenvalue weighted by Crippen LogP contribution is 2.28. The third kappa shape index (κ3) is 4.44. The van der Waals surface area contributed by atoms with Gasteiger partial charge in [0.05, 0.1) is 0 Å². The third-order valence-electron chi connectivity index (χ3n) is 4.22. The van der Waals surface area contributed by atoms with Crippen molar-refractivity contribution in [1.29, 1.82) is 0 Å². The van der Waals surface area contributed by atoms with Crippen LogP contribution in [0.4, 0.5) is 0 Å². The molecule has 144 valence electrons. The predicted molar refractivity (Wildman–Crippen MR) is 124 cm³/mol. The predicted octanol–water partition coefficient (Wildman–Crippen LogP) is 4.23. The largest absolute Gasteiger partial charge is 0.488 e. The molecule has 2 aromatic carbocycles. The Balaban J connectivity index is 1.93. The molecule has 1 aliphatic rings. The van der Waals surface area contributed by atoms with Crippen molar-refractivity contribution < 1.29 is 14.3 Å². The zero-order valence-corrected chi connectivity index (χ0v) is 19.7. The summed E-state index contributed by atoms with van der Waals surface area (Å²) in [6, 6.07) is 13.5. The third-order valence-corrected chi connectivity index (χ3v) is 5.98. The monoisotopic (exact) mass is 570 g/mol. The van der Waals surface area contributed by atoms with Gasteiger partial charge in [0.1, 0.15) is 17.9 Å². The van der Waals surface area contributed by atoms with E-state index in [1.165, 1.54) is 9.80 Å². The SMILES string of the molecule is CN1C(=O)C(=Cc2cc(Br)ccc2OCc2ccc(I)cc2)C(=O)N(C)C1=S. The molecule has 1 aliphatic heterocycles. The molecule has 2 aromatic rings.